The van der Waals surface area contributed by atoms with Crippen molar-refractivity contribution in [2.75, 3.05) is 0 Å². The second kappa shape index (κ2) is 14.8. The van der Waals surface area contributed by atoms with Crippen molar-refractivity contribution < 1.29 is 19.4 Å². The summed E-state index contributed by atoms with van der Waals surface area (Å²) in [5.74, 6) is 0.192. The number of unbranched alkanes of at least 4 members (excludes halogenated alkanes) is 7. The van der Waals surface area contributed by atoms with E-state index < -0.39 is 0 Å². The zero-order valence-electron chi connectivity index (χ0n) is 19.9. The number of aromatic hydroxyl groups is 1. The molecule has 5 nitrogen and oxygen atoms in total. The van der Waals surface area contributed by atoms with Crippen LogP contribution in [-0.2, 0) is 14.3 Å². The van der Waals surface area contributed by atoms with Gasteiger partial charge in [0.1, 0.15) is 17.6 Å². The van der Waals surface area contributed by atoms with Crippen LogP contribution in [0.5, 0.6) is 5.75 Å². The van der Waals surface area contributed by atoms with Crippen molar-refractivity contribution in [1.82, 2.24) is 5.32 Å². The van der Waals surface area contributed by atoms with Crippen molar-refractivity contribution in [2.24, 2.45) is 0 Å². The lowest BCUT2D eigenvalue weighted by molar-refractivity contribution is -0.145. The van der Waals surface area contributed by atoms with Gasteiger partial charge in [0.05, 0.1) is 0 Å². The molecular weight excluding hydrogens is 402 g/mol. The summed E-state index contributed by atoms with van der Waals surface area (Å²) in [6, 6.07) is 7.37. The minimum absolute atomic E-state index is 0.0915. The third-order valence-electron chi connectivity index (χ3n) is 6.26. The minimum atomic E-state index is -0.323. The molecule has 5 heteroatoms. The first kappa shape index (κ1) is 26.1. The molecule has 1 aromatic rings. The highest BCUT2D eigenvalue weighted by molar-refractivity contribution is 5.87. The summed E-state index contributed by atoms with van der Waals surface area (Å²) in [7, 11) is 0. The second-order valence-electron chi connectivity index (χ2n) is 9.20. The van der Waals surface area contributed by atoms with Gasteiger partial charge >= 0.3 is 5.97 Å². The summed E-state index contributed by atoms with van der Waals surface area (Å²) in [6.07, 6.45) is 16.8. The van der Waals surface area contributed by atoms with Crippen LogP contribution in [0.1, 0.15) is 96.5 Å². The summed E-state index contributed by atoms with van der Waals surface area (Å²) in [5.41, 5.74) is 0.850. The number of rotatable bonds is 14. The van der Waals surface area contributed by atoms with Crippen LogP contribution in [0.25, 0.3) is 6.08 Å². The first-order valence-corrected chi connectivity index (χ1v) is 12.4. The molecule has 0 bridgehead atoms. The van der Waals surface area contributed by atoms with Gasteiger partial charge in [-0.3, -0.25) is 0 Å². The summed E-state index contributed by atoms with van der Waals surface area (Å²) in [5, 5.41) is 12.9. The molecule has 1 saturated heterocycles. The van der Waals surface area contributed by atoms with Gasteiger partial charge in [-0.25, -0.2) is 4.79 Å². The van der Waals surface area contributed by atoms with Gasteiger partial charge in [-0.1, -0.05) is 57.1 Å². The maximum Gasteiger partial charge on any atom is 0.331 e. The number of hydrogen-bond donors (Lipinski definition) is 2. The smallest absolute Gasteiger partial charge is 0.331 e. The number of piperidine rings is 1. The highest BCUT2D eigenvalue weighted by atomic mass is 16.5. The molecule has 3 atom stereocenters. The number of hydrogen-bond acceptors (Lipinski definition) is 5. The number of carbonyl (C=O) groups excluding carboxylic acids is 2. The van der Waals surface area contributed by atoms with Crippen LogP contribution < -0.4 is 5.32 Å². The van der Waals surface area contributed by atoms with E-state index in [0.29, 0.717) is 11.8 Å². The Balaban J connectivity index is 1.53. The number of ketones is 1. The Bertz CT molecular complexity index is 713. The third kappa shape index (κ3) is 10.9. The molecule has 0 radical (unpaired) electrons. The van der Waals surface area contributed by atoms with Crippen molar-refractivity contribution in [2.45, 2.75) is 109 Å². The normalized spacial score (nSPS) is 21.0. The molecule has 0 saturated carbocycles. The highest BCUT2D eigenvalue weighted by Crippen LogP contribution is 2.21. The van der Waals surface area contributed by atoms with Crippen molar-refractivity contribution in [3.8, 4) is 5.75 Å². The number of Topliss-reactive ketones (excluding diaryl/α,β-unsaturated/α-hetero) is 1. The lowest BCUT2D eigenvalue weighted by Crippen LogP contribution is -2.50. The van der Waals surface area contributed by atoms with E-state index in [2.05, 4.69) is 12.2 Å². The molecule has 0 aliphatic carbocycles. The standard InChI is InChI=1S/C27H41NO4/c1-21(29)11-9-7-5-3-4-6-8-10-12-24-16-19-26(22(2)28-24)32-27(31)20-15-23-13-17-25(30)18-14-23/h13-15,17-18,20,22,24,26,28,30H,3-12,16,19H2,1-2H3/b20-15+/t22-,24+,26-/m1/s1. The second-order valence-corrected chi connectivity index (χ2v) is 9.20. The molecule has 0 unspecified atom stereocenters. The van der Waals surface area contributed by atoms with E-state index in [1.54, 1.807) is 37.3 Å². The predicted octanol–water partition coefficient (Wildman–Crippen LogP) is 5.95. The molecular formula is C27H41NO4. The number of benzene rings is 1. The fourth-order valence-electron chi connectivity index (χ4n) is 4.33. The average molecular weight is 444 g/mol. The summed E-state index contributed by atoms with van der Waals surface area (Å²) in [6.45, 7) is 3.77. The molecule has 0 aromatic heterocycles. The molecule has 32 heavy (non-hydrogen) atoms. The number of nitrogens with one attached hydrogen (secondary N) is 1. The van der Waals surface area contributed by atoms with Gasteiger partial charge in [0.25, 0.3) is 0 Å². The van der Waals surface area contributed by atoms with E-state index in [1.807, 2.05) is 0 Å². The zero-order chi connectivity index (χ0) is 23.2. The Morgan fingerprint density at radius 2 is 1.62 bits per heavy atom. The Hall–Kier alpha value is -2.14. The number of carbonyl (C=O) groups is 2. The van der Waals surface area contributed by atoms with Gasteiger partial charge in [0.2, 0.25) is 0 Å². The van der Waals surface area contributed by atoms with Gasteiger partial charge < -0.3 is 20.0 Å². The van der Waals surface area contributed by atoms with E-state index in [1.165, 1.54) is 57.4 Å². The van der Waals surface area contributed by atoms with Crippen LogP contribution in [0.4, 0.5) is 0 Å². The number of phenolic OH excluding ortho intramolecular Hbond substituents is 1. The van der Waals surface area contributed by atoms with E-state index in [4.69, 9.17) is 4.74 Å². The van der Waals surface area contributed by atoms with Crippen LogP contribution >= 0.6 is 0 Å². The Morgan fingerprint density at radius 1 is 1.00 bits per heavy atom. The Kier molecular flexibility index (Phi) is 12.1. The maximum atomic E-state index is 12.2. The first-order valence-electron chi connectivity index (χ1n) is 12.4. The number of ether oxygens (including phenoxy) is 1. The molecule has 0 amide bonds. The molecule has 1 aliphatic rings. The molecule has 1 fully saturated rings. The fraction of sp³-hybridized carbons (Fsp3) is 0.630. The molecule has 1 aromatic carbocycles. The van der Waals surface area contributed by atoms with E-state index >= 15 is 0 Å². The number of phenols is 1. The van der Waals surface area contributed by atoms with Crippen molar-refractivity contribution in [3.63, 3.8) is 0 Å². The summed E-state index contributed by atoms with van der Waals surface area (Å²) in [4.78, 5) is 23.1. The largest absolute Gasteiger partial charge is 0.508 e. The lowest BCUT2D eigenvalue weighted by Gasteiger charge is -2.35. The molecule has 2 rings (SSSR count). The van der Waals surface area contributed by atoms with E-state index in [9.17, 15) is 14.7 Å². The average Bonchev–Trinajstić information content (AvgIpc) is 2.76. The fourth-order valence-corrected chi connectivity index (χ4v) is 4.33. The number of esters is 1. The third-order valence-corrected chi connectivity index (χ3v) is 6.26. The monoisotopic (exact) mass is 443 g/mol. The first-order chi connectivity index (χ1) is 15.4. The van der Waals surface area contributed by atoms with Gasteiger partial charge in [-0.05, 0) is 63.3 Å². The minimum Gasteiger partial charge on any atom is -0.508 e. The van der Waals surface area contributed by atoms with Crippen LogP contribution in [0.3, 0.4) is 0 Å². The molecule has 1 aliphatic heterocycles. The molecule has 178 valence electrons. The highest BCUT2D eigenvalue weighted by Gasteiger charge is 2.28. The van der Waals surface area contributed by atoms with Gasteiger partial charge in [0, 0.05) is 24.6 Å². The molecule has 0 spiro atoms. The Labute approximate surface area is 193 Å². The van der Waals surface area contributed by atoms with Gasteiger partial charge in [-0.15, -0.1) is 0 Å². The van der Waals surface area contributed by atoms with Gasteiger partial charge in [0.15, 0.2) is 0 Å². The summed E-state index contributed by atoms with van der Waals surface area (Å²) < 4.78 is 5.65. The van der Waals surface area contributed by atoms with Crippen molar-refractivity contribution in [1.29, 1.82) is 0 Å². The topological polar surface area (TPSA) is 75.6 Å². The Morgan fingerprint density at radius 3 is 2.25 bits per heavy atom. The van der Waals surface area contributed by atoms with Gasteiger partial charge in [-0.2, -0.15) is 0 Å². The van der Waals surface area contributed by atoms with Crippen LogP contribution in [0, 0.1) is 0 Å². The maximum absolute atomic E-state index is 12.2. The van der Waals surface area contributed by atoms with E-state index in [0.717, 1.165) is 31.2 Å². The quantitative estimate of drug-likeness (QED) is 0.211. The lowest BCUT2D eigenvalue weighted by atomic mass is 9.93. The SMILES string of the molecule is CC(=O)CCCCCCCCCC[C@H]1CC[C@@H](OC(=O)/C=C/c2ccc(O)cc2)[C@@H](C)N1. The summed E-state index contributed by atoms with van der Waals surface area (Å²) >= 11 is 0. The van der Waals surface area contributed by atoms with Crippen molar-refractivity contribution in [3.05, 3.63) is 35.9 Å². The molecule has 2 N–H and O–H groups in total. The van der Waals surface area contributed by atoms with E-state index in [-0.39, 0.29) is 23.9 Å². The zero-order valence-corrected chi connectivity index (χ0v) is 19.9. The van der Waals surface area contributed by atoms with Crippen LogP contribution in [0.2, 0.25) is 0 Å². The molecule has 1 heterocycles. The predicted molar refractivity (Wildman–Crippen MR) is 129 cm³/mol. The van der Waals surface area contributed by atoms with Crippen LogP contribution in [-0.4, -0.2) is 35.0 Å². The van der Waals surface area contributed by atoms with Crippen molar-refractivity contribution >= 4 is 17.8 Å². The van der Waals surface area contributed by atoms with Crippen LogP contribution in [0.15, 0.2) is 30.3 Å².